The smallest absolute Gasteiger partial charge is 0.160 e. The molecule has 0 aliphatic rings. The maximum Gasteiger partial charge on any atom is 0.160 e. The normalized spacial score (nSPS) is 12.9. The summed E-state index contributed by atoms with van der Waals surface area (Å²) in [7, 11) is 0. The van der Waals surface area contributed by atoms with Gasteiger partial charge in [0, 0.05) is 4.88 Å². The first-order valence-electron chi connectivity index (χ1n) is 3.92. The summed E-state index contributed by atoms with van der Waals surface area (Å²) in [6.07, 6.45) is 1.12. The van der Waals surface area contributed by atoms with Crippen LogP contribution in [-0.2, 0) is 0 Å². The van der Waals surface area contributed by atoms with Crippen LogP contribution >= 0.6 is 11.3 Å². The molecule has 0 spiro atoms. The Morgan fingerprint density at radius 1 is 1.75 bits per heavy atom. The quantitative estimate of drug-likeness (QED) is 0.732. The lowest BCUT2D eigenvalue weighted by molar-refractivity contribution is 0.112. The second kappa shape index (κ2) is 3.83. The van der Waals surface area contributed by atoms with Gasteiger partial charge in [0.1, 0.15) is 0 Å². The number of hydrogen-bond acceptors (Lipinski definition) is 3. The van der Waals surface area contributed by atoms with Crippen molar-refractivity contribution in [2.45, 2.75) is 26.4 Å². The minimum absolute atomic E-state index is 0.414. The highest BCUT2D eigenvalue weighted by Gasteiger charge is 2.10. The molecule has 0 amide bonds. The van der Waals surface area contributed by atoms with Crippen molar-refractivity contribution in [3.63, 3.8) is 0 Å². The molecule has 0 fully saturated rings. The van der Waals surface area contributed by atoms with E-state index in [0.29, 0.717) is 6.42 Å². The van der Waals surface area contributed by atoms with Crippen molar-refractivity contribution in [2.75, 3.05) is 0 Å². The Morgan fingerprint density at radius 2 is 2.42 bits per heavy atom. The Labute approximate surface area is 75.9 Å². The Bertz CT molecular complexity index is 278. The highest BCUT2D eigenvalue weighted by atomic mass is 32.1. The van der Waals surface area contributed by atoms with Gasteiger partial charge in [-0.3, -0.25) is 4.79 Å². The zero-order valence-electron chi connectivity index (χ0n) is 7.20. The molecule has 1 aromatic heterocycles. The third-order valence-corrected chi connectivity index (χ3v) is 3.06. The van der Waals surface area contributed by atoms with E-state index in [4.69, 9.17) is 0 Å². The maximum atomic E-state index is 10.5. The monoisotopic (exact) mass is 184 g/mol. The van der Waals surface area contributed by atoms with Gasteiger partial charge in [-0.2, -0.15) is 0 Å². The van der Waals surface area contributed by atoms with Gasteiger partial charge in [-0.15, -0.1) is 11.3 Å². The van der Waals surface area contributed by atoms with Crippen molar-refractivity contribution >= 4 is 17.6 Å². The number of aryl methyl sites for hydroxylation is 1. The van der Waals surface area contributed by atoms with Crippen molar-refractivity contribution in [2.24, 2.45) is 0 Å². The van der Waals surface area contributed by atoms with Gasteiger partial charge >= 0.3 is 0 Å². The Hall–Kier alpha value is -0.670. The van der Waals surface area contributed by atoms with Gasteiger partial charge in [0.05, 0.1) is 11.0 Å². The van der Waals surface area contributed by atoms with Gasteiger partial charge in [-0.05, 0) is 25.0 Å². The molecular formula is C9H12O2S. The molecule has 2 nitrogen and oxygen atoms in total. The fraction of sp³-hybridized carbons (Fsp3) is 0.444. The Kier molecular flexibility index (Phi) is 3.00. The van der Waals surface area contributed by atoms with Crippen molar-refractivity contribution < 1.29 is 9.90 Å². The summed E-state index contributed by atoms with van der Waals surface area (Å²) >= 11 is 1.37. The zero-order valence-corrected chi connectivity index (χ0v) is 8.02. The average molecular weight is 184 g/mol. The first-order chi connectivity index (χ1) is 5.69. The van der Waals surface area contributed by atoms with E-state index < -0.39 is 6.10 Å². The highest BCUT2D eigenvalue weighted by Crippen LogP contribution is 2.27. The van der Waals surface area contributed by atoms with Crippen LogP contribution in [0, 0.1) is 6.92 Å². The lowest BCUT2D eigenvalue weighted by Gasteiger charge is -2.01. The molecule has 0 aliphatic carbocycles. The van der Waals surface area contributed by atoms with Crippen molar-refractivity contribution in [1.82, 2.24) is 0 Å². The van der Waals surface area contributed by atoms with E-state index in [9.17, 15) is 9.90 Å². The topological polar surface area (TPSA) is 37.3 Å². The van der Waals surface area contributed by atoms with Crippen LogP contribution in [-0.4, -0.2) is 11.4 Å². The summed E-state index contributed by atoms with van der Waals surface area (Å²) in [6.45, 7) is 3.80. The molecule has 0 bridgehead atoms. The lowest BCUT2D eigenvalue weighted by Crippen LogP contribution is -1.89. The standard InChI is InChI=1S/C9H12O2S/c1-3-7(11)8-4-6(2)9(5-10)12-8/h4-5,7,11H,3H2,1-2H3. The van der Waals surface area contributed by atoms with Gasteiger partial charge < -0.3 is 5.11 Å². The molecule has 0 saturated carbocycles. The molecule has 1 atom stereocenters. The summed E-state index contributed by atoms with van der Waals surface area (Å²) in [6, 6.07) is 1.88. The molecule has 0 aliphatic heterocycles. The van der Waals surface area contributed by atoms with Crippen LogP contribution in [0.1, 0.15) is 39.6 Å². The van der Waals surface area contributed by atoms with Crippen LogP contribution in [0.2, 0.25) is 0 Å². The highest BCUT2D eigenvalue weighted by molar-refractivity contribution is 7.13. The van der Waals surface area contributed by atoms with Gasteiger partial charge in [-0.1, -0.05) is 6.92 Å². The van der Waals surface area contributed by atoms with Crippen molar-refractivity contribution in [3.8, 4) is 0 Å². The molecule has 12 heavy (non-hydrogen) atoms. The van der Waals surface area contributed by atoms with Crippen molar-refractivity contribution in [3.05, 3.63) is 21.4 Å². The second-order valence-electron chi connectivity index (χ2n) is 2.74. The van der Waals surface area contributed by atoms with E-state index >= 15 is 0 Å². The minimum atomic E-state index is -0.414. The summed E-state index contributed by atoms with van der Waals surface area (Å²) in [4.78, 5) is 12.1. The fourth-order valence-corrected chi connectivity index (χ4v) is 2.06. The number of thiophene rings is 1. The first kappa shape index (κ1) is 9.42. The largest absolute Gasteiger partial charge is 0.388 e. The van der Waals surface area contributed by atoms with Gasteiger partial charge in [0.25, 0.3) is 0 Å². The molecule has 1 aromatic rings. The van der Waals surface area contributed by atoms with E-state index in [1.807, 2.05) is 19.9 Å². The maximum absolute atomic E-state index is 10.5. The second-order valence-corrected chi connectivity index (χ2v) is 3.85. The van der Waals surface area contributed by atoms with E-state index in [1.165, 1.54) is 11.3 Å². The van der Waals surface area contributed by atoms with Gasteiger partial charge in [-0.25, -0.2) is 0 Å². The number of rotatable bonds is 3. The average Bonchev–Trinajstić information content (AvgIpc) is 2.45. The summed E-state index contributed by atoms with van der Waals surface area (Å²) in [5, 5.41) is 9.46. The molecule has 1 N–H and O–H groups in total. The molecule has 66 valence electrons. The molecule has 1 unspecified atom stereocenters. The number of carbonyl (C=O) groups is 1. The third kappa shape index (κ3) is 1.73. The lowest BCUT2D eigenvalue weighted by atomic mass is 10.2. The molecule has 3 heteroatoms. The van der Waals surface area contributed by atoms with Crippen LogP contribution in [0.3, 0.4) is 0 Å². The minimum Gasteiger partial charge on any atom is -0.388 e. The molecular weight excluding hydrogens is 172 g/mol. The van der Waals surface area contributed by atoms with E-state index in [0.717, 1.165) is 21.6 Å². The fourth-order valence-electron chi connectivity index (χ4n) is 1.00. The van der Waals surface area contributed by atoms with E-state index in [2.05, 4.69) is 0 Å². The van der Waals surface area contributed by atoms with E-state index in [1.54, 1.807) is 0 Å². The zero-order chi connectivity index (χ0) is 9.14. The molecule has 0 aromatic carbocycles. The van der Waals surface area contributed by atoms with Crippen LogP contribution in [0.25, 0.3) is 0 Å². The molecule has 1 rings (SSSR count). The molecule has 0 saturated heterocycles. The molecule has 0 radical (unpaired) electrons. The van der Waals surface area contributed by atoms with Crippen LogP contribution in [0.15, 0.2) is 6.07 Å². The third-order valence-electron chi connectivity index (χ3n) is 1.80. The summed E-state index contributed by atoms with van der Waals surface area (Å²) in [5.74, 6) is 0. The predicted molar refractivity (Wildman–Crippen MR) is 49.7 cm³/mol. The SMILES string of the molecule is CCC(O)c1cc(C)c(C=O)s1. The van der Waals surface area contributed by atoms with Crippen LogP contribution < -0.4 is 0 Å². The predicted octanol–water partition coefficient (Wildman–Crippen LogP) is 2.31. The number of aliphatic hydroxyl groups is 1. The Balaban J connectivity index is 2.96. The van der Waals surface area contributed by atoms with Crippen molar-refractivity contribution in [1.29, 1.82) is 0 Å². The number of carbonyl (C=O) groups excluding carboxylic acids is 1. The number of hydrogen-bond donors (Lipinski definition) is 1. The first-order valence-corrected chi connectivity index (χ1v) is 4.74. The summed E-state index contributed by atoms with van der Waals surface area (Å²) in [5.41, 5.74) is 0.956. The summed E-state index contributed by atoms with van der Waals surface area (Å²) < 4.78 is 0. The van der Waals surface area contributed by atoms with Gasteiger partial charge in [0.2, 0.25) is 0 Å². The van der Waals surface area contributed by atoms with E-state index in [-0.39, 0.29) is 0 Å². The number of aliphatic hydroxyl groups excluding tert-OH is 1. The molecule has 1 heterocycles. The van der Waals surface area contributed by atoms with Crippen LogP contribution in [0.5, 0.6) is 0 Å². The van der Waals surface area contributed by atoms with Gasteiger partial charge in [0.15, 0.2) is 6.29 Å². The number of aldehydes is 1. The Morgan fingerprint density at radius 3 is 2.83 bits per heavy atom. The van der Waals surface area contributed by atoms with Crippen LogP contribution in [0.4, 0.5) is 0 Å².